The summed E-state index contributed by atoms with van der Waals surface area (Å²) < 4.78 is 29.5. The molecule has 0 N–H and O–H groups in total. The van der Waals surface area contributed by atoms with Crippen LogP contribution in [0.5, 0.6) is 0 Å². The summed E-state index contributed by atoms with van der Waals surface area (Å²) in [5.41, 5.74) is 0. The van der Waals surface area contributed by atoms with Gasteiger partial charge in [0.05, 0.1) is 10.1 Å². The van der Waals surface area contributed by atoms with Crippen LogP contribution < -0.4 is 0 Å². The lowest BCUT2D eigenvalue weighted by Gasteiger charge is -2.33. The van der Waals surface area contributed by atoms with Crippen LogP contribution in [0.15, 0.2) is 21.5 Å². The summed E-state index contributed by atoms with van der Waals surface area (Å²) in [5, 5.41) is 9.32. The number of piperazine rings is 1. The molecule has 2 aliphatic rings. The Kier molecular flexibility index (Phi) is 6.22. The van der Waals surface area contributed by atoms with Gasteiger partial charge in [-0.3, -0.25) is 4.79 Å². The van der Waals surface area contributed by atoms with E-state index in [4.69, 9.17) is 11.6 Å². The standard InChI is InChI=1S/C17H22ClN5O3S3/c1-2-23-16(12-3-4-12)19-20-17(23)27-11-14(24)21-7-9-22(10-8-21)29(25,26)15-6-5-13(18)28-15/h5-6,12H,2-4,7-11H2,1H3. The average molecular weight is 476 g/mol. The van der Waals surface area contributed by atoms with Crippen molar-refractivity contribution in [1.82, 2.24) is 24.0 Å². The fraction of sp³-hybridized carbons (Fsp3) is 0.588. The molecule has 8 nitrogen and oxygen atoms in total. The molecule has 0 aromatic carbocycles. The largest absolute Gasteiger partial charge is 0.339 e. The summed E-state index contributed by atoms with van der Waals surface area (Å²) in [6.07, 6.45) is 2.32. The average Bonchev–Trinajstić information content (AvgIpc) is 3.33. The Morgan fingerprint density at radius 3 is 2.55 bits per heavy atom. The molecule has 0 bridgehead atoms. The lowest BCUT2D eigenvalue weighted by molar-refractivity contribution is -0.129. The Morgan fingerprint density at radius 2 is 1.97 bits per heavy atom. The summed E-state index contributed by atoms with van der Waals surface area (Å²) in [6, 6.07) is 3.11. The smallest absolute Gasteiger partial charge is 0.252 e. The molecule has 1 amide bonds. The zero-order valence-electron chi connectivity index (χ0n) is 16.0. The molecule has 0 unspecified atom stereocenters. The highest BCUT2D eigenvalue weighted by atomic mass is 35.5. The second-order valence-electron chi connectivity index (χ2n) is 6.99. The van der Waals surface area contributed by atoms with Gasteiger partial charge < -0.3 is 9.47 Å². The predicted molar refractivity (Wildman–Crippen MR) is 113 cm³/mol. The van der Waals surface area contributed by atoms with Gasteiger partial charge >= 0.3 is 0 Å². The van der Waals surface area contributed by atoms with Crippen molar-refractivity contribution in [2.45, 2.75) is 41.6 Å². The molecule has 1 saturated carbocycles. The van der Waals surface area contributed by atoms with Gasteiger partial charge in [0, 0.05) is 38.6 Å². The number of nitrogens with zero attached hydrogens (tertiary/aromatic N) is 5. The van der Waals surface area contributed by atoms with Gasteiger partial charge in [-0.25, -0.2) is 8.42 Å². The van der Waals surface area contributed by atoms with Crippen LogP contribution in [0, 0.1) is 0 Å². The van der Waals surface area contributed by atoms with Crippen LogP contribution in [-0.2, 0) is 21.4 Å². The Bertz CT molecular complexity index is 994. The number of sulfonamides is 1. The van der Waals surface area contributed by atoms with E-state index in [9.17, 15) is 13.2 Å². The summed E-state index contributed by atoms with van der Waals surface area (Å²) in [5.74, 6) is 1.80. The molecule has 12 heteroatoms. The van der Waals surface area contributed by atoms with Crippen molar-refractivity contribution in [2.75, 3.05) is 31.9 Å². The second kappa shape index (κ2) is 8.54. The molecule has 0 spiro atoms. The molecule has 1 aliphatic heterocycles. The minimum Gasteiger partial charge on any atom is -0.339 e. The summed E-state index contributed by atoms with van der Waals surface area (Å²) in [7, 11) is -3.55. The van der Waals surface area contributed by atoms with Crippen LogP contribution in [0.3, 0.4) is 0 Å². The van der Waals surface area contributed by atoms with E-state index in [1.54, 1.807) is 11.0 Å². The molecule has 2 fully saturated rings. The molecule has 29 heavy (non-hydrogen) atoms. The zero-order chi connectivity index (χ0) is 20.6. The van der Waals surface area contributed by atoms with E-state index in [0.717, 1.165) is 41.7 Å². The Hall–Kier alpha value is -1.14. The number of thiophene rings is 1. The van der Waals surface area contributed by atoms with Crippen molar-refractivity contribution in [3.63, 3.8) is 0 Å². The lowest BCUT2D eigenvalue weighted by atomic mass is 10.3. The number of hydrogen-bond donors (Lipinski definition) is 0. The summed E-state index contributed by atoms with van der Waals surface area (Å²) in [4.78, 5) is 14.3. The number of aromatic nitrogens is 3. The molecule has 0 atom stereocenters. The van der Waals surface area contributed by atoms with Crippen LogP contribution in [0.4, 0.5) is 0 Å². The first-order chi connectivity index (χ1) is 13.9. The monoisotopic (exact) mass is 475 g/mol. The van der Waals surface area contributed by atoms with E-state index in [0.29, 0.717) is 23.3 Å². The third-order valence-corrected chi connectivity index (χ3v) is 9.61. The van der Waals surface area contributed by atoms with Crippen molar-refractivity contribution in [3.8, 4) is 0 Å². The van der Waals surface area contributed by atoms with E-state index in [2.05, 4.69) is 21.7 Å². The molecular weight excluding hydrogens is 454 g/mol. The number of carbonyl (C=O) groups excluding carboxylic acids is 1. The van der Waals surface area contributed by atoms with E-state index >= 15 is 0 Å². The third-order valence-electron chi connectivity index (χ3n) is 5.06. The molecule has 4 rings (SSSR count). The number of hydrogen-bond acceptors (Lipinski definition) is 7. The second-order valence-corrected chi connectivity index (χ2v) is 11.8. The third kappa shape index (κ3) is 4.48. The number of amides is 1. The Morgan fingerprint density at radius 1 is 1.24 bits per heavy atom. The highest BCUT2D eigenvalue weighted by molar-refractivity contribution is 7.99. The fourth-order valence-corrected chi connectivity index (χ4v) is 7.28. The van der Waals surface area contributed by atoms with Gasteiger partial charge in [-0.2, -0.15) is 4.31 Å². The minimum atomic E-state index is -3.55. The predicted octanol–water partition coefficient (Wildman–Crippen LogP) is 2.52. The number of thioether (sulfide) groups is 1. The number of halogens is 1. The maximum absolute atomic E-state index is 12.7. The SMILES string of the molecule is CCn1c(SCC(=O)N2CCN(S(=O)(=O)c3ccc(Cl)s3)CC2)nnc1C1CC1. The molecule has 0 radical (unpaired) electrons. The minimum absolute atomic E-state index is 0.00941. The summed E-state index contributed by atoms with van der Waals surface area (Å²) in [6.45, 7) is 4.17. The first-order valence-electron chi connectivity index (χ1n) is 9.49. The van der Waals surface area contributed by atoms with E-state index < -0.39 is 10.0 Å². The molecule has 158 valence electrons. The highest BCUT2D eigenvalue weighted by Crippen LogP contribution is 2.40. The van der Waals surface area contributed by atoms with Crippen LogP contribution in [-0.4, -0.2) is 70.2 Å². The van der Waals surface area contributed by atoms with E-state index in [-0.39, 0.29) is 29.0 Å². The van der Waals surface area contributed by atoms with Crippen LogP contribution in [0.1, 0.15) is 31.5 Å². The topological polar surface area (TPSA) is 88.4 Å². The van der Waals surface area contributed by atoms with Gasteiger partial charge in [-0.15, -0.1) is 21.5 Å². The molecule has 3 heterocycles. The molecule has 1 saturated heterocycles. The quantitative estimate of drug-likeness (QED) is 0.572. The van der Waals surface area contributed by atoms with Crippen LogP contribution in [0.2, 0.25) is 4.34 Å². The van der Waals surface area contributed by atoms with Gasteiger partial charge in [0.25, 0.3) is 10.0 Å². The Balaban J connectivity index is 1.31. The van der Waals surface area contributed by atoms with E-state index in [1.807, 2.05) is 0 Å². The first-order valence-corrected chi connectivity index (χ1v) is 13.1. The van der Waals surface area contributed by atoms with Gasteiger partial charge in [-0.05, 0) is 31.9 Å². The van der Waals surface area contributed by atoms with Crippen molar-refractivity contribution in [1.29, 1.82) is 0 Å². The molecule has 2 aromatic heterocycles. The van der Waals surface area contributed by atoms with Gasteiger partial charge in [0.1, 0.15) is 10.0 Å². The van der Waals surface area contributed by atoms with Crippen molar-refractivity contribution < 1.29 is 13.2 Å². The molecular formula is C17H22ClN5O3S3. The zero-order valence-corrected chi connectivity index (χ0v) is 19.2. The normalized spacial score (nSPS) is 18.3. The van der Waals surface area contributed by atoms with Crippen molar-refractivity contribution >= 4 is 50.6 Å². The van der Waals surface area contributed by atoms with Gasteiger partial charge in [0.2, 0.25) is 5.91 Å². The van der Waals surface area contributed by atoms with Gasteiger partial charge in [0.15, 0.2) is 5.16 Å². The first kappa shape index (κ1) is 21.1. The fourth-order valence-electron chi connectivity index (χ4n) is 3.31. The summed E-state index contributed by atoms with van der Waals surface area (Å²) >= 11 is 8.32. The molecule has 1 aliphatic carbocycles. The Labute approximate surface area is 183 Å². The van der Waals surface area contributed by atoms with Gasteiger partial charge in [-0.1, -0.05) is 23.4 Å². The maximum Gasteiger partial charge on any atom is 0.252 e. The number of carbonyl (C=O) groups is 1. The molecule has 2 aromatic rings. The van der Waals surface area contributed by atoms with Crippen LogP contribution in [0.25, 0.3) is 0 Å². The van der Waals surface area contributed by atoms with Crippen molar-refractivity contribution in [2.24, 2.45) is 0 Å². The highest BCUT2D eigenvalue weighted by Gasteiger charge is 2.32. The van der Waals surface area contributed by atoms with Crippen LogP contribution >= 0.6 is 34.7 Å². The maximum atomic E-state index is 12.7. The number of rotatable bonds is 7. The van der Waals surface area contributed by atoms with Crippen molar-refractivity contribution in [3.05, 3.63) is 22.3 Å². The lowest BCUT2D eigenvalue weighted by Crippen LogP contribution is -2.50. The van der Waals surface area contributed by atoms with E-state index in [1.165, 1.54) is 22.1 Å².